The summed E-state index contributed by atoms with van der Waals surface area (Å²) in [6.45, 7) is -1.41. The average Bonchev–Trinajstić information content (AvgIpc) is 2.25. The van der Waals surface area contributed by atoms with E-state index in [1.54, 1.807) is 22.6 Å². The van der Waals surface area contributed by atoms with Crippen molar-refractivity contribution in [3.63, 3.8) is 0 Å². The Morgan fingerprint density at radius 2 is 2.31 bits per heavy atom. The zero-order chi connectivity index (χ0) is 12.2. The van der Waals surface area contributed by atoms with Gasteiger partial charge in [0.05, 0.1) is 18.5 Å². The smallest absolute Gasteiger partial charge is 0.422 e. The Kier molecular flexibility index (Phi) is 4.56. The topological polar surface area (TPSA) is 33.6 Å². The van der Waals surface area contributed by atoms with Crippen LogP contribution in [-0.4, -0.2) is 25.0 Å². The van der Waals surface area contributed by atoms with Crippen LogP contribution in [0.5, 0.6) is 0 Å². The van der Waals surface area contributed by atoms with Gasteiger partial charge in [-0.15, -0.1) is 0 Å². The Labute approximate surface area is 102 Å². The van der Waals surface area contributed by atoms with Crippen LogP contribution in [0.15, 0.2) is 27.0 Å². The number of nitrogens with zero attached hydrogens (tertiary/aromatic N) is 1. The minimum absolute atomic E-state index is 0.00494. The Morgan fingerprint density at radius 1 is 1.62 bits per heavy atom. The molecule has 3 nitrogen and oxygen atoms in total. The van der Waals surface area contributed by atoms with Gasteiger partial charge in [0.2, 0.25) is 5.88 Å². The van der Waals surface area contributed by atoms with Crippen LogP contribution in [0.4, 0.5) is 17.6 Å². The van der Waals surface area contributed by atoms with Crippen LogP contribution in [0.1, 0.15) is 0 Å². The second kappa shape index (κ2) is 5.51. The lowest BCUT2D eigenvalue weighted by atomic mass is 10.3. The van der Waals surface area contributed by atoms with E-state index >= 15 is 0 Å². The normalized spacial score (nSPS) is 17.4. The van der Waals surface area contributed by atoms with Gasteiger partial charge < -0.3 is 10.1 Å². The molecule has 1 heterocycles. The fourth-order valence-corrected chi connectivity index (χ4v) is 1.22. The first-order valence-corrected chi connectivity index (χ1v) is 5.33. The number of hydrogen-bond acceptors (Lipinski definition) is 3. The van der Waals surface area contributed by atoms with Crippen LogP contribution < -0.4 is 5.32 Å². The second-order valence-corrected chi connectivity index (χ2v) is 3.41. The van der Waals surface area contributed by atoms with Crippen molar-refractivity contribution in [1.29, 1.82) is 0 Å². The summed E-state index contributed by atoms with van der Waals surface area (Å²) in [4.78, 5) is 3.63. The quantitative estimate of drug-likeness (QED) is 0.627. The molecule has 0 spiro atoms. The van der Waals surface area contributed by atoms with Crippen LogP contribution in [0.25, 0.3) is 0 Å². The largest absolute Gasteiger partial charge is 0.468 e. The molecule has 90 valence electrons. The second-order valence-electron chi connectivity index (χ2n) is 2.78. The van der Waals surface area contributed by atoms with Crippen molar-refractivity contribution in [2.45, 2.75) is 6.18 Å². The van der Waals surface area contributed by atoms with Gasteiger partial charge in [-0.05, 0) is 22.6 Å². The highest BCUT2D eigenvalue weighted by Gasteiger charge is 2.29. The SMILES string of the molecule is F/C(=C\I)C1=NC=C(OCC(F)(F)F)NC1. The summed E-state index contributed by atoms with van der Waals surface area (Å²) in [5, 5.41) is 2.48. The Hall–Kier alpha value is -0.800. The lowest BCUT2D eigenvalue weighted by Gasteiger charge is -2.16. The summed E-state index contributed by atoms with van der Waals surface area (Å²) in [7, 11) is 0. The van der Waals surface area contributed by atoms with Crippen molar-refractivity contribution >= 4 is 28.3 Å². The van der Waals surface area contributed by atoms with Crippen molar-refractivity contribution in [2.75, 3.05) is 13.2 Å². The summed E-state index contributed by atoms with van der Waals surface area (Å²) >= 11 is 1.70. The fourth-order valence-electron chi connectivity index (χ4n) is 0.856. The van der Waals surface area contributed by atoms with E-state index in [0.717, 1.165) is 6.20 Å². The van der Waals surface area contributed by atoms with Crippen LogP contribution in [0, 0.1) is 0 Å². The molecule has 0 amide bonds. The molecule has 16 heavy (non-hydrogen) atoms. The number of aliphatic imine (C=N–C) groups is 1. The van der Waals surface area contributed by atoms with Crippen LogP contribution in [0.3, 0.4) is 0 Å². The highest BCUT2D eigenvalue weighted by molar-refractivity contribution is 14.1. The molecule has 0 aliphatic carbocycles. The predicted octanol–water partition coefficient (Wildman–Crippen LogP) is 2.65. The summed E-state index contributed by atoms with van der Waals surface area (Å²) in [6, 6.07) is 0. The molecule has 1 aliphatic rings. The summed E-state index contributed by atoms with van der Waals surface area (Å²) in [5.74, 6) is -0.651. The van der Waals surface area contributed by atoms with E-state index in [1.165, 1.54) is 4.08 Å². The Bertz CT molecular complexity index is 348. The molecule has 0 unspecified atom stereocenters. The van der Waals surface area contributed by atoms with E-state index in [-0.39, 0.29) is 18.1 Å². The monoisotopic (exact) mass is 350 g/mol. The highest BCUT2D eigenvalue weighted by Crippen LogP contribution is 2.16. The molecule has 0 atom stereocenters. The molecule has 0 fully saturated rings. The number of alkyl halides is 3. The summed E-state index contributed by atoms with van der Waals surface area (Å²) < 4.78 is 53.9. The van der Waals surface area contributed by atoms with Gasteiger partial charge >= 0.3 is 6.18 Å². The van der Waals surface area contributed by atoms with E-state index in [1.807, 2.05) is 0 Å². The van der Waals surface area contributed by atoms with Crippen molar-refractivity contribution in [1.82, 2.24) is 5.32 Å². The molecular formula is C8H7F4IN2O. The number of hydrogen-bond donors (Lipinski definition) is 1. The number of ether oxygens (including phenoxy) is 1. The molecular weight excluding hydrogens is 343 g/mol. The van der Waals surface area contributed by atoms with Crippen LogP contribution in [0.2, 0.25) is 0 Å². The molecule has 1 rings (SSSR count). The lowest BCUT2D eigenvalue weighted by molar-refractivity contribution is -0.166. The van der Waals surface area contributed by atoms with E-state index in [4.69, 9.17) is 0 Å². The average molecular weight is 350 g/mol. The summed E-state index contributed by atoms with van der Waals surface area (Å²) in [6.07, 6.45) is -3.38. The number of halogens is 5. The minimum Gasteiger partial charge on any atom is -0.468 e. The van der Waals surface area contributed by atoms with Crippen molar-refractivity contribution in [3.05, 3.63) is 22.0 Å². The maximum Gasteiger partial charge on any atom is 0.422 e. The maximum atomic E-state index is 13.0. The van der Waals surface area contributed by atoms with Gasteiger partial charge in [0.25, 0.3) is 0 Å². The van der Waals surface area contributed by atoms with Crippen molar-refractivity contribution in [2.24, 2.45) is 4.99 Å². The van der Waals surface area contributed by atoms with E-state index in [9.17, 15) is 17.6 Å². The molecule has 8 heteroatoms. The number of nitrogens with one attached hydrogen (secondary N) is 1. The van der Waals surface area contributed by atoms with E-state index in [0.29, 0.717) is 0 Å². The van der Waals surface area contributed by atoms with Gasteiger partial charge in [0.1, 0.15) is 0 Å². The molecule has 0 aromatic carbocycles. The minimum atomic E-state index is -4.40. The Morgan fingerprint density at radius 3 is 2.75 bits per heavy atom. The summed E-state index contributed by atoms with van der Waals surface area (Å²) in [5.41, 5.74) is 0.119. The van der Waals surface area contributed by atoms with Gasteiger partial charge in [0.15, 0.2) is 12.4 Å². The first-order valence-electron chi connectivity index (χ1n) is 4.09. The first kappa shape index (κ1) is 13.3. The van der Waals surface area contributed by atoms with Gasteiger partial charge in [-0.3, -0.25) is 4.99 Å². The maximum absolute atomic E-state index is 13.0. The molecule has 0 aromatic heterocycles. The highest BCUT2D eigenvalue weighted by atomic mass is 127. The third-order valence-electron chi connectivity index (χ3n) is 1.53. The van der Waals surface area contributed by atoms with Gasteiger partial charge in [-0.2, -0.15) is 13.2 Å². The molecule has 1 aliphatic heterocycles. The number of rotatable bonds is 3. The first-order chi connectivity index (χ1) is 7.42. The Balaban J connectivity index is 2.55. The van der Waals surface area contributed by atoms with Crippen molar-refractivity contribution < 1.29 is 22.3 Å². The molecule has 0 saturated heterocycles. The molecule has 1 N–H and O–H groups in total. The molecule has 0 saturated carbocycles. The van der Waals surface area contributed by atoms with E-state index < -0.39 is 18.6 Å². The van der Waals surface area contributed by atoms with E-state index in [2.05, 4.69) is 15.0 Å². The standard InChI is InChI=1S/C8H7F4IN2O/c9-5(1-13)6-2-15-7(3-14-6)16-4-8(10,11)12/h1,3,15H,2,4H2/b5-1-. The predicted molar refractivity (Wildman–Crippen MR) is 58.7 cm³/mol. The van der Waals surface area contributed by atoms with Gasteiger partial charge in [0, 0.05) is 4.08 Å². The fraction of sp³-hybridized carbons (Fsp3) is 0.375. The van der Waals surface area contributed by atoms with Crippen LogP contribution in [-0.2, 0) is 4.74 Å². The van der Waals surface area contributed by atoms with Gasteiger partial charge in [-0.1, -0.05) is 0 Å². The molecule has 0 aromatic rings. The third kappa shape index (κ3) is 4.37. The third-order valence-corrected chi connectivity index (χ3v) is 2.08. The van der Waals surface area contributed by atoms with Gasteiger partial charge in [-0.25, -0.2) is 4.39 Å². The molecule has 0 bridgehead atoms. The molecule has 0 radical (unpaired) electrons. The zero-order valence-corrected chi connectivity index (χ0v) is 9.97. The lowest BCUT2D eigenvalue weighted by Crippen LogP contribution is -2.29. The van der Waals surface area contributed by atoms with Crippen molar-refractivity contribution in [3.8, 4) is 0 Å². The van der Waals surface area contributed by atoms with Crippen LogP contribution >= 0.6 is 22.6 Å². The zero-order valence-electron chi connectivity index (χ0n) is 7.81.